The molecule has 0 saturated carbocycles. The molecule has 2 N–H and O–H groups in total. The quantitative estimate of drug-likeness (QED) is 0.442. The van der Waals surface area contributed by atoms with Gasteiger partial charge in [-0.2, -0.15) is 0 Å². The third-order valence-electron chi connectivity index (χ3n) is 5.35. The summed E-state index contributed by atoms with van der Waals surface area (Å²) in [6, 6.07) is 8.19. The average molecular weight is 490 g/mol. The van der Waals surface area contributed by atoms with E-state index >= 15 is 0 Å². The van der Waals surface area contributed by atoms with Crippen LogP contribution < -0.4 is 20.1 Å². The molecule has 2 heterocycles. The van der Waals surface area contributed by atoms with Crippen LogP contribution in [0.1, 0.15) is 23.4 Å². The van der Waals surface area contributed by atoms with Crippen LogP contribution in [-0.2, 0) is 20.8 Å². The number of methoxy groups -OCH3 is 3. The Labute approximate surface area is 203 Å². The Morgan fingerprint density at radius 3 is 2.59 bits per heavy atom. The molecular formula is C24H31N3O6S. The van der Waals surface area contributed by atoms with E-state index in [-0.39, 0.29) is 6.61 Å². The van der Waals surface area contributed by atoms with E-state index in [0.29, 0.717) is 54.6 Å². The van der Waals surface area contributed by atoms with Crippen LogP contribution in [0.5, 0.6) is 11.5 Å². The molecule has 0 aliphatic carbocycles. The monoisotopic (exact) mass is 489 g/mol. The van der Waals surface area contributed by atoms with Gasteiger partial charge in [-0.1, -0.05) is 18.2 Å². The number of nitrogens with zero attached hydrogens (tertiary/aromatic N) is 1. The summed E-state index contributed by atoms with van der Waals surface area (Å²) in [6.07, 6.45) is 0. The van der Waals surface area contributed by atoms with E-state index in [1.54, 1.807) is 43.6 Å². The molecule has 34 heavy (non-hydrogen) atoms. The topological polar surface area (TPSA) is 98.4 Å². The molecule has 0 radical (unpaired) electrons. The molecule has 1 aromatic carbocycles. The van der Waals surface area contributed by atoms with E-state index in [9.17, 15) is 9.59 Å². The van der Waals surface area contributed by atoms with Crippen molar-refractivity contribution in [2.24, 2.45) is 0 Å². The number of benzene rings is 1. The lowest BCUT2D eigenvalue weighted by Crippen LogP contribution is -2.48. The standard InChI is InChI=1S/C24H31N3O6S/c1-5-33-23(28)20-18(15-27(11-12-30-2)14-16-8-7-13-34-16)25-24(29)26-21(20)17-9-6-10-19(31-3)22(17)32-4/h6-10,13,21H,5,11-12,14-15H2,1-4H3,(H2,25,26,29)/t21-/m0/s1. The number of hydrogen-bond acceptors (Lipinski definition) is 8. The minimum absolute atomic E-state index is 0.202. The number of hydrogen-bond donors (Lipinski definition) is 2. The van der Waals surface area contributed by atoms with Gasteiger partial charge in [-0.3, -0.25) is 4.90 Å². The Morgan fingerprint density at radius 2 is 1.94 bits per heavy atom. The first kappa shape index (κ1) is 25.5. The predicted molar refractivity (Wildman–Crippen MR) is 129 cm³/mol. The van der Waals surface area contributed by atoms with Gasteiger partial charge in [0.1, 0.15) is 0 Å². The Morgan fingerprint density at radius 1 is 1.12 bits per heavy atom. The van der Waals surface area contributed by atoms with Crippen LogP contribution in [0, 0.1) is 0 Å². The van der Waals surface area contributed by atoms with Crippen molar-refractivity contribution in [2.45, 2.75) is 19.5 Å². The lowest BCUT2D eigenvalue weighted by Gasteiger charge is -2.32. The molecule has 3 rings (SSSR count). The average Bonchev–Trinajstić information content (AvgIpc) is 3.34. The summed E-state index contributed by atoms with van der Waals surface area (Å²) in [5.74, 6) is 0.424. The van der Waals surface area contributed by atoms with Gasteiger partial charge in [0.25, 0.3) is 0 Å². The Bertz CT molecular complexity index is 1010. The molecule has 1 aliphatic heterocycles. The molecule has 10 heteroatoms. The van der Waals surface area contributed by atoms with Crippen molar-refractivity contribution in [1.29, 1.82) is 0 Å². The van der Waals surface area contributed by atoms with Crippen molar-refractivity contribution in [3.8, 4) is 11.5 Å². The molecule has 0 bridgehead atoms. The van der Waals surface area contributed by atoms with Crippen molar-refractivity contribution in [2.75, 3.05) is 47.6 Å². The minimum Gasteiger partial charge on any atom is -0.493 e. The normalized spacial score (nSPS) is 15.7. The number of rotatable bonds is 12. The van der Waals surface area contributed by atoms with Gasteiger partial charge < -0.3 is 29.6 Å². The van der Waals surface area contributed by atoms with E-state index in [4.69, 9.17) is 18.9 Å². The van der Waals surface area contributed by atoms with E-state index < -0.39 is 18.0 Å². The molecule has 0 unspecified atom stereocenters. The number of thiophene rings is 1. The third kappa shape index (κ3) is 6.07. The number of ether oxygens (including phenoxy) is 4. The Hall–Kier alpha value is -3.08. The summed E-state index contributed by atoms with van der Waals surface area (Å²) in [6.45, 7) is 4.05. The zero-order valence-corrected chi connectivity index (χ0v) is 20.7. The second-order valence-corrected chi connectivity index (χ2v) is 8.54. The second-order valence-electron chi connectivity index (χ2n) is 7.51. The second kappa shape index (κ2) is 12.4. The van der Waals surface area contributed by atoms with Gasteiger partial charge in [0.15, 0.2) is 11.5 Å². The summed E-state index contributed by atoms with van der Waals surface area (Å²) in [5.41, 5.74) is 1.39. The molecular weight excluding hydrogens is 458 g/mol. The summed E-state index contributed by atoms with van der Waals surface area (Å²) in [7, 11) is 4.70. The van der Waals surface area contributed by atoms with Crippen LogP contribution in [0.4, 0.5) is 4.79 Å². The maximum atomic E-state index is 13.2. The highest BCUT2D eigenvalue weighted by Gasteiger charge is 2.36. The molecule has 1 atom stereocenters. The van der Waals surface area contributed by atoms with E-state index in [1.165, 1.54) is 19.1 Å². The molecule has 0 spiro atoms. The fourth-order valence-corrected chi connectivity index (χ4v) is 4.59. The number of carbonyl (C=O) groups excluding carboxylic acids is 2. The maximum Gasteiger partial charge on any atom is 0.338 e. The minimum atomic E-state index is -0.779. The van der Waals surface area contributed by atoms with Gasteiger partial charge >= 0.3 is 12.0 Å². The number of para-hydroxylation sites is 1. The number of amides is 2. The summed E-state index contributed by atoms with van der Waals surface area (Å²) in [5, 5.41) is 7.71. The fraction of sp³-hybridized carbons (Fsp3) is 0.417. The maximum absolute atomic E-state index is 13.2. The SMILES string of the molecule is CCOC(=O)C1=C(CN(CCOC)Cc2cccs2)NC(=O)N[C@H]1c1cccc(OC)c1OC. The summed E-state index contributed by atoms with van der Waals surface area (Å²) < 4.78 is 21.7. The number of carbonyl (C=O) groups is 2. The van der Waals surface area contributed by atoms with Gasteiger partial charge in [-0.15, -0.1) is 11.3 Å². The Balaban J connectivity index is 2.06. The van der Waals surface area contributed by atoms with Gasteiger partial charge in [0.2, 0.25) is 0 Å². The van der Waals surface area contributed by atoms with Crippen LogP contribution in [0.3, 0.4) is 0 Å². The zero-order chi connectivity index (χ0) is 24.5. The van der Waals surface area contributed by atoms with Crippen molar-refractivity contribution in [1.82, 2.24) is 15.5 Å². The highest BCUT2D eigenvalue weighted by Crippen LogP contribution is 2.39. The van der Waals surface area contributed by atoms with Gasteiger partial charge in [0, 0.05) is 42.9 Å². The van der Waals surface area contributed by atoms with Crippen molar-refractivity contribution >= 4 is 23.3 Å². The van der Waals surface area contributed by atoms with Crippen molar-refractivity contribution in [3.63, 3.8) is 0 Å². The smallest absolute Gasteiger partial charge is 0.338 e. The first-order valence-corrected chi connectivity index (χ1v) is 11.8. The Kier molecular flexibility index (Phi) is 9.32. The first-order valence-electron chi connectivity index (χ1n) is 10.9. The lowest BCUT2D eigenvalue weighted by atomic mass is 9.93. The van der Waals surface area contributed by atoms with E-state index in [0.717, 1.165) is 0 Å². The van der Waals surface area contributed by atoms with Crippen LogP contribution >= 0.6 is 11.3 Å². The third-order valence-corrected chi connectivity index (χ3v) is 6.21. The van der Waals surface area contributed by atoms with Crippen molar-refractivity contribution < 1.29 is 28.5 Å². The van der Waals surface area contributed by atoms with Crippen molar-refractivity contribution in [3.05, 3.63) is 57.4 Å². The number of esters is 1. The van der Waals surface area contributed by atoms with Crippen LogP contribution in [0.15, 0.2) is 47.0 Å². The molecule has 9 nitrogen and oxygen atoms in total. The largest absolute Gasteiger partial charge is 0.493 e. The molecule has 0 fully saturated rings. The molecule has 2 aromatic rings. The first-order chi connectivity index (χ1) is 16.5. The molecule has 2 amide bonds. The molecule has 0 saturated heterocycles. The zero-order valence-electron chi connectivity index (χ0n) is 19.9. The molecule has 184 valence electrons. The van der Waals surface area contributed by atoms with Crippen LogP contribution in [-0.4, -0.2) is 64.5 Å². The highest BCUT2D eigenvalue weighted by molar-refractivity contribution is 7.09. The van der Waals surface area contributed by atoms with Gasteiger partial charge in [-0.25, -0.2) is 9.59 Å². The van der Waals surface area contributed by atoms with Crippen LogP contribution in [0.2, 0.25) is 0 Å². The number of urea groups is 1. The van der Waals surface area contributed by atoms with Gasteiger partial charge in [-0.05, 0) is 24.4 Å². The predicted octanol–water partition coefficient (Wildman–Crippen LogP) is 3.09. The molecule has 1 aromatic heterocycles. The summed E-state index contributed by atoms with van der Waals surface area (Å²) >= 11 is 1.65. The number of nitrogens with one attached hydrogen (secondary N) is 2. The van der Waals surface area contributed by atoms with Crippen LogP contribution in [0.25, 0.3) is 0 Å². The van der Waals surface area contributed by atoms with E-state index in [2.05, 4.69) is 21.6 Å². The molecule has 1 aliphatic rings. The summed E-state index contributed by atoms with van der Waals surface area (Å²) in [4.78, 5) is 29.2. The van der Waals surface area contributed by atoms with Gasteiger partial charge in [0.05, 0.1) is 39.0 Å². The fourth-order valence-electron chi connectivity index (χ4n) is 3.85. The van der Waals surface area contributed by atoms with E-state index in [1.807, 2.05) is 11.4 Å². The highest BCUT2D eigenvalue weighted by atomic mass is 32.1. The lowest BCUT2D eigenvalue weighted by molar-refractivity contribution is -0.139.